The predicted octanol–water partition coefficient (Wildman–Crippen LogP) is 2.38. The summed E-state index contributed by atoms with van der Waals surface area (Å²) < 4.78 is 1.92. The zero-order valence-corrected chi connectivity index (χ0v) is 20.7. The lowest BCUT2D eigenvalue weighted by Crippen LogP contribution is -2.49. The summed E-state index contributed by atoms with van der Waals surface area (Å²) in [6.45, 7) is 11.8. The standard InChI is InChI=1S/C26H34N8O/c1-19(2)30-7-11-32(12-8-30)25-17-27-22(16-28-25)21-15-24-23(5-6-29-34(24)18-21)31-9-13-33(14-10-31)26(35)20-3-4-20/h5-6,15-20H,3-4,7-14H2,1-2H3. The van der Waals surface area contributed by atoms with Gasteiger partial charge in [-0.05, 0) is 38.8 Å². The van der Waals surface area contributed by atoms with Crippen LogP contribution < -0.4 is 9.80 Å². The Morgan fingerprint density at radius 1 is 0.943 bits per heavy atom. The van der Waals surface area contributed by atoms with Crippen molar-refractivity contribution >= 4 is 22.9 Å². The molecule has 3 aliphatic rings. The summed E-state index contributed by atoms with van der Waals surface area (Å²) >= 11 is 0. The summed E-state index contributed by atoms with van der Waals surface area (Å²) in [7, 11) is 0. The minimum absolute atomic E-state index is 0.291. The van der Waals surface area contributed by atoms with E-state index < -0.39 is 0 Å². The van der Waals surface area contributed by atoms with Crippen molar-refractivity contribution in [2.24, 2.45) is 5.92 Å². The Morgan fingerprint density at radius 2 is 1.69 bits per heavy atom. The molecule has 0 aromatic carbocycles. The second-order valence-corrected chi connectivity index (χ2v) is 10.2. The second-order valence-electron chi connectivity index (χ2n) is 10.2. The third kappa shape index (κ3) is 4.45. The van der Waals surface area contributed by atoms with Gasteiger partial charge in [0.1, 0.15) is 5.82 Å². The first-order valence-electron chi connectivity index (χ1n) is 12.9. The first-order valence-corrected chi connectivity index (χ1v) is 12.9. The maximum Gasteiger partial charge on any atom is 0.225 e. The van der Waals surface area contributed by atoms with Gasteiger partial charge in [-0.25, -0.2) is 9.50 Å². The molecule has 2 aliphatic heterocycles. The highest BCUT2D eigenvalue weighted by atomic mass is 16.2. The minimum Gasteiger partial charge on any atom is -0.366 e. The first-order chi connectivity index (χ1) is 17.1. The zero-order chi connectivity index (χ0) is 23.9. The van der Waals surface area contributed by atoms with Gasteiger partial charge in [0.05, 0.1) is 29.3 Å². The molecular weight excluding hydrogens is 440 g/mol. The van der Waals surface area contributed by atoms with Gasteiger partial charge in [-0.3, -0.25) is 14.7 Å². The Balaban J connectivity index is 1.16. The number of piperazine rings is 2. The Labute approximate surface area is 206 Å². The van der Waals surface area contributed by atoms with E-state index in [1.54, 1.807) is 0 Å². The normalized spacial score (nSPS) is 19.7. The quantitative estimate of drug-likeness (QED) is 0.562. The van der Waals surface area contributed by atoms with Crippen LogP contribution in [-0.2, 0) is 4.79 Å². The van der Waals surface area contributed by atoms with Crippen LogP contribution in [0, 0.1) is 5.92 Å². The molecule has 3 aromatic heterocycles. The molecule has 3 fully saturated rings. The molecule has 1 amide bonds. The molecule has 9 nitrogen and oxygen atoms in total. The van der Waals surface area contributed by atoms with Crippen LogP contribution in [0.25, 0.3) is 16.8 Å². The van der Waals surface area contributed by atoms with Crippen LogP contribution in [0.5, 0.6) is 0 Å². The lowest BCUT2D eigenvalue weighted by atomic mass is 10.2. The van der Waals surface area contributed by atoms with E-state index in [-0.39, 0.29) is 0 Å². The summed E-state index contributed by atoms with van der Waals surface area (Å²) in [5.74, 6) is 1.58. The Hall–Kier alpha value is -3.20. The number of hydrogen-bond donors (Lipinski definition) is 0. The molecule has 0 unspecified atom stereocenters. The van der Waals surface area contributed by atoms with E-state index in [4.69, 9.17) is 9.97 Å². The van der Waals surface area contributed by atoms with Gasteiger partial charge < -0.3 is 14.7 Å². The third-order valence-electron chi connectivity index (χ3n) is 7.65. The van der Waals surface area contributed by atoms with Crippen LogP contribution in [0.3, 0.4) is 0 Å². The first kappa shape index (κ1) is 22.3. The average molecular weight is 475 g/mol. The number of amides is 1. The number of hydrogen-bond acceptors (Lipinski definition) is 7. The van der Waals surface area contributed by atoms with Crippen molar-refractivity contribution in [2.45, 2.75) is 32.7 Å². The number of fused-ring (bicyclic) bond motifs is 1. The van der Waals surface area contributed by atoms with Crippen molar-refractivity contribution < 1.29 is 4.79 Å². The maximum absolute atomic E-state index is 12.4. The lowest BCUT2D eigenvalue weighted by Gasteiger charge is -2.37. The predicted molar refractivity (Wildman–Crippen MR) is 137 cm³/mol. The number of carbonyl (C=O) groups excluding carboxylic acids is 1. The molecule has 0 bridgehead atoms. The molecule has 3 aromatic rings. The van der Waals surface area contributed by atoms with E-state index in [0.29, 0.717) is 17.9 Å². The molecule has 35 heavy (non-hydrogen) atoms. The number of carbonyl (C=O) groups is 1. The van der Waals surface area contributed by atoms with Gasteiger partial charge in [0.2, 0.25) is 5.91 Å². The van der Waals surface area contributed by atoms with Crippen molar-refractivity contribution in [3.05, 3.63) is 36.9 Å². The lowest BCUT2D eigenvalue weighted by molar-refractivity contribution is -0.132. The fourth-order valence-corrected chi connectivity index (χ4v) is 5.26. The number of rotatable bonds is 5. The SMILES string of the molecule is CC(C)N1CCN(c2cnc(-c3cc4c(N5CCN(C(=O)C6CC6)CC5)ccnn4c3)cn2)CC1. The molecule has 2 saturated heterocycles. The fourth-order valence-electron chi connectivity index (χ4n) is 5.26. The van der Waals surface area contributed by atoms with Crippen molar-refractivity contribution in [3.63, 3.8) is 0 Å². The van der Waals surface area contributed by atoms with E-state index in [1.165, 1.54) is 0 Å². The molecule has 6 rings (SSSR count). The number of nitrogens with zero attached hydrogens (tertiary/aromatic N) is 8. The highest BCUT2D eigenvalue weighted by Gasteiger charge is 2.34. The van der Waals surface area contributed by atoms with Gasteiger partial charge in [0.25, 0.3) is 0 Å². The molecule has 1 saturated carbocycles. The van der Waals surface area contributed by atoms with Crippen LogP contribution >= 0.6 is 0 Å². The zero-order valence-electron chi connectivity index (χ0n) is 20.7. The average Bonchev–Trinajstić information content (AvgIpc) is 3.66. The van der Waals surface area contributed by atoms with E-state index in [9.17, 15) is 4.79 Å². The molecule has 0 radical (unpaired) electrons. The van der Waals surface area contributed by atoms with Gasteiger partial charge in [0, 0.05) is 82.3 Å². The Morgan fingerprint density at radius 3 is 2.34 bits per heavy atom. The largest absolute Gasteiger partial charge is 0.366 e. The molecular formula is C26H34N8O. The fraction of sp³-hybridized carbons (Fsp3) is 0.538. The summed E-state index contributed by atoms with van der Waals surface area (Å²) in [4.78, 5) is 31.1. The van der Waals surface area contributed by atoms with Gasteiger partial charge in [0.15, 0.2) is 0 Å². The summed E-state index contributed by atoms with van der Waals surface area (Å²) in [5.41, 5.74) is 4.07. The topological polar surface area (TPSA) is 73.1 Å². The summed E-state index contributed by atoms with van der Waals surface area (Å²) in [5, 5.41) is 4.53. The van der Waals surface area contributed by atoms with Crippen LogP contribution in [-0.4, -0.2) is 93.7 Å². The van der Waals surface area contributed by atoms with Crippen molar-refractivity contribution in [2.75, 3.05) is 62.2 Å². The minimum atomic E-state index is 0.291. The van der Waals surface area contributed by atoms with Crippen LogP contribution in [0.4, 0.5) is 11.5 Å². The van der Waals surface area contributed by atoms with Crippen molar-refractivity contribution in [1.82, 2.24) is 29.4 Å². The second kappa shape index (κ2) is 9.11. The summed E-state index contributed by atoms with van der Waals surface area (Å²) in [6, 6.07) is 4.81. The third-order valence-corrected chi connectivity index (χ3v) is 7.65. The maximum atomic E-state index is 12.4. The van der Waals surface area contributed by atoms with Crippen LogP contribution in [0.1, 0.15) is 26.7 Å². The molecule has 0 atom stereocenters. The highest BCUT2D eigenvalue weighted by Crippen LogP contribution is 2.32. The molecule has 0 N–H and O–H groups in total. The molecule has 184 valence electrons. The molecule has 0 spiro atoms. The van der Waals surface area contributed by atoms with Crippen molar-refractivity contribution in [3.8, 4) is 11.3 Å². The van der Waals surface area contributed by atoms with Gasteiger partial charge in [-0.2, -0.15) is 5.10 Å². The Bertz CT molecular complexity index is 1190. The van der Waals surface area contributed by atoms with E-state index in [2.05, 4.69) is 45.8 Å². The van der Waals surface area contributed by atoms with E-state index in [0.717, 1.165) is 93.5 Å². The van der Waals surface area contributed by atoms with Gasteiger partial charge >= 0.3 is 0 Å². The molecule has 9 heteroatoms. The van der Waals surface area contributed by atoms with E-state index >= 15 is 0 Å². The highest BCUT2D eigenvalue weighted by molar-refractivity contribution is 5.82. The van der Waals surface area contributed by atoms with Crippen LogP contribution in [0.15, 0.2) is 36.9 Å². The monoisotopic (exact) mass is 474 g/mol. The smallest absolute Gasteiger partial charge is 0.225 e. The molecule has 1 aliphatic carbocycles. The van der Waals surface area contributed by atoms with Crippen LogP contribution in [0.2, 0.25) is 0 Å². The van der Waals surface area contributed by atoms with Crippen molar-refractivity contribution in [1.29, 1.82) is 0 Å². The van der Waals surface area contributed by atoms with Gasteiger partial charge in [-0.15, -0.1) is 0 Å². The molecule has 5 heterocycles. The summed E-state index contributed by atoms with van der Waals surface area (Å²) in [6.07, 6.45) is 9.77. The van der Waals surface area contributed by atoms with E-state index in [1.807, 2.05) is 34.2 Å². The number of anilines is 2. The van der Waals surface area contributed by atoms with Gasteiger partial charge in [-0.1, -0.05) is 0 Å². The Kier molecular flexibility index (Phi) is 5.80. The number of aromatic nitrogens is 4.